The Morgan fingerprint density at radius 3 is 2.48 bits per heavy atom. The van der Waals surface area contributed by atoms with Gasteiger partial charge in [0.05, 0.1) is 0 Å². The van der Waals surface area contributed by atoms with Gasteiger partial charge >= 0.3 is 0 Å². The lowest BCUT2D eigenvalue weighted by Gasteiger charge is -2.09. The van der Waals surface area contributed by atoms with Crippen LogP contribution in [-0.4, -0.2) is 20.7 Å². The van der Waals surface area contributed by atoms with Gasteiger partial charge in [-0.15, -0.1) is 0 Å². The van der Waals surface area contributed by atoms with E-state index in [1.165, 1.54) is 30.3 Å². The molecule has 2 aromatic rings. The third-order valence-electron chi connectivity index (χ3n) is 3.12. The van der Waals surface area contributed by atoms with Crippen LogP contribution in [0.5, 0.6) is 0 Å². The van der Waals surface area contributed by atoms with Gasteiger partial charge in [0.15, 0.2) is 5.78 Å². The molecular weight excluding hydrogens is 409 g/mol. The maximum absolute atomic E-state index is 12.9. The second-order valence-corrected chi connectivity index (χ2v) is 6.77. The van der Waals surface area contributed by atoms with Gasteiger partial charge in [0.25, 0.3) is 0 Å². The number of thiol groups is 1. The SMILES string of the molecule is O=C(c1ccc(F)cc1)c1cc(Cl)c(CCN[SH](=O)=O)cc1Br. The van der Waals surface area contributed by atoms with Gasteiger partial charge in [-0.25, -0.2) is 17.5 Å². The van der Waals surface area contributed by atoms with Crippen LogP contribution in [0.1, 0.15) is 21.5 Å². The van der Waals surface area contributed by atoms with Crippen molar-refractivity contribution < 1.29 is 17.6 Å². The largest absolute Gasteiger partial charge is 0.289 e. The van der Waals surface area contributed by atoms with Crippen molar-refractivity contribution in [3.63, 3.8) is 0 Å². The molecule has 0 saturated carbocycles. The summed E-state index contributed by atoms with van der Waals surface area (Å²) >= 11 is 9.48. The number of nitrogens with one attached hydrogen (secondary N) is 1. The summed E-state index contributed by atoms with van der Waals surface area (Å²) < 4.78 is 36.7. The summed E-state index contributed by atoms with van der Waals surface area (Å²) in [6.45, 7) is 0.218. The fraction of sp³-hybridized carbons (Fsp3) is 0.133. The van der Waals surface area contributed by atoms with Gasteiger partial charge in [-0.05, 0) is 48.4 Å². The van der Waals surface area contributed by atoms with Crippen LogP contribution in [0.2, 0.25) is 5.02 Å². The van der Waals surface area contributed by atoms with Crippen LogP contribution in [-0.2, 0) is 17.3 Å². The minimum atomic E-state index is -2.65. The molecule has 0 aromatic heterocycles. The molecule has 4 nitrogen and oxygen atoms in total. The van der Waals surface area contributed by atoms with Gasteiger partial charge in [-0.2, -0.15) is 0 Å². The molecule has 0 unspecified atom stereocenters. The van der Waals surface area contributed by atoms with E-state index in [-0.39, 0.29) is 12.3 Å². The summed E-state index contributed by atoms with van der Waals surface area (Å²) in [7, 11) is -2.65. The normalized spacial score (nSPS) is 11.0. The smallest absolute Gasteiger partial charge is 0.201 e. The molecule has 0 radical (unpaired) electrons. The topological polar surface area (TPSA) is 63.2 Å². The highest BCUT2D eigenvalue weighted by molar-refractivity contribution is 9.10. The van der Waals surface area contributed by atoms with Crippen LogP contribution >= 0.6 is 27.5 Å². The molecule has 0 aliphatic carbocycles. The molecule has 1 N–H and O–H groups in total. The fourth-order valence-corrected chi connectivity index (χ4v) is 3.12. The van der Waals surface area contributed by atoms with Crippen LogP contribution in [0, 0.1) is 5.82 Å². The van der Waals surface area contributed by atoms with Crippen molar-refractivity contribution in [3.8, 4) is 0 Å². The highest BCUT2D eigenvalue weighted by atomic mass is 79.9. The lowest BCUT2D eigenvalue weighted by Crippen LogP contribution is -2.15. The Morgan fingerprint density at radius 1 is 1.22 bits per heavy atom. The van der Waals surface area contributed by atoms with Gasteiger partial charge in [0.1, 0.15) is 5.82 Å². The zero-order valence-corrected chi connectivity index (χ0v) is 14.9. The van der Waals surface area contributed by atoms with Gasteiger partial charge in [0, 0.05) is 27.2 Å². The first-order valence-electron chi connectivity index (χ1n) is 6.54. The summed E-state index contributed by atoms with van der Waals surface area (Å²) in [6.07, 6.45) is 0.395. The average Bonchev–Trinajstić information content (AvgIpc) is 2.50. The Hall–Kier alpha value is -1.28. The molecule has 8 heteroatoms. The lowest BCUT2D eigenvalue weighted by atomic mass is 10.0. The van der Waals surface area contributed by atoms with Crippen molar-refractivity contribution in [2.45, 2.75) is 6.42 Å². The first kappa shape index (κ1) is 18.1. The monoisotopic (exact) mass is 419 g/mol. The number of rotatable bonds is 6. The van der Waals surface area contributed by atoms with Crippen LogP contribution in [0.25, 0.3) is 0 Å². The maximum Gasteiger partial charge on any atom is 0.201 e. The van der Waals surface area contributed by atoms with Crippen molar-refractivity contribution in [1.29, 1.82) is 0 Å². The minimum absolute atomic E-state index is 0.218. The highest BCUT2D eigenvalue weighted by Gasteiger charge is 2.15. The number of hydrogen-bond donors (Lipinski definition) is 2. The molecule has 0 atom stereocenters. The number of carbonyl (C=O) groups excluding carboxylic acids is 1. The number of hydrogen-bond acceptors (Lipinski definition) is 3. The molecule has 0 saturated heterocycles. The fourth-order valence-electron chi connectivity index (χ4n) is 1.99. The Balaban J connectivity index is 2.25. The van der Waals surface area contributed by atoms with E-state index in [1.54, 1.807) is 6.07 Å². The van der Waals surface area contributed by atoms with Crippen LogP contribution in [0.15, 0.2) is 40.9 Å². The van der Waals surface area contributed by atoms with Crippen molar-refractivity contribution in [3.05, 3.63) is 68.4 Å². The first-order chi connectivity index (χ1) is 10.9. The summed E-state index contributed by atoms with van der Waals surface area (Å²) in [5.74, 6) is -0.704. The Kier molecular flexibility index (Phi) is 6.29. The minimum Gasteiger partial charge on any atom is -0.289 e. The molecule has 0 bridgehead atoms. The predicted octanol–water partition coefficient (Wildman–Crippen LogP) is 3.13. The second-order valence-electron chi connectivity index (χ2n) is 4.67. The van der Waals surface area contributed by atoms with Crippen LogP contribution < -0.4 is 4.72 Å². The standard InChI is InChI=1S/C15H12BrClFNO3S/c16-13-7-10(5-6-19-23(21)22)14(17)8-12(13)15(20)9-1-3-11(18)4-2-9/h1-4,7-8,23H,5-6H2,(H,19,21,22). The predicted molar refractivity (Wildman–Crippen MR) is 91.0 cm³/mol. The number of ketones is 1. The van der Waals surface area contributed by atoms with Crippen molar-refractivity contribution in [2.75, 3.05) is 6.54 Å². The van der Waals surface area contributed by atoms with E-state index in [2.05, 4.69) is 20.7 Å². The summed E-state index contributed by atoms with van der Waals surface area (Å²) in [5.41, 5.74) is 1.41. The van der Waals surface area contributed by atoms with Crippen molar-refractivity contribution >= 4 is 44.2 Å². The van der Waals surface area contributed by atoms with E-state index >= 15 is 0 Å². The van der Waals surface area contributed by atoms with E-state index in [0.717, 1.165) is 0 Å². The molecule has 0 fully saturated rings. The number of carbonyl (C=O) groups is 1. The Labute approximate surface area is 147 Å². The van der Waals surface area contributed by atoms with Gasteiger partial charge < -0.3 is 0 Å². The van der Waals surface area contributed by atoms with Gasteiger partial charge in [-0.1, -0.05) is 27.5 Å². The van der Waals surface area contributed by atoms with Gasteiger partial charge in [-0.3, -0.25) is 4.79 Å². The molecule has 0 aliphatic rings. The molecule has 0 aliphatic heterocycles. The molecular formula is C15H12BrClFNO3S. The van der Waals surface area contributed by atoms with Gasteiger partial charge in [0.2, 0.25) is 10.9 Å². The summed E-state index contributed by atoms with van der Waals surface area (Å²) in [4.78, 5) is 12.4. The lowest BCUT2D eigenvalue weighted by molar-refractivity contribution is 0.103. The third kappa shape index (κ3) is 4.84. The van der Waals surface area contributed by atoms with E-state index in [9.17, 15) is 17.6 Å². The molecule has 2 aromatic carbocycles. The second kappa shape index (κ2) is 8.01. The van der Waals surface area contributed by atoms with E-state index in [1.807, 2.05) is 0 Å². The van der Waals surface area contributed by atoms with E-state index < -0.39 is 16.7 Å². The van der Waals surface area contributed by atoms with Crippen molar-refractivity contribution in [2.24, 2.45) is 0 Å². The summed E-state index contributed by atoms with van der Waals surface area (Å²) in [5, 5.41) is 0.363. The molecule has 122 valence electrons. The van der Waals surface area contributed by atoms with Crippen molar-refractivity contribution in [1.82, 2.24) is 4.72 Å². The van der Waals surface area contributed by atoms with Crippen LogP contribution in [0.4, 0.5) is 4.39 Å². The first-order valence-corrected chi connectivity index (χ1v) is 8.89. The average molecular weight is 421 g/mol. The quantitative estimate of drug-likeness (QED) is 0.557. The Morgan fingerprint density at radius 2 is 1.87 bits per heavy atom. The maximum atomic E-state index is 12.9. The zero-order valence-electron chi connectivity index (χ0n) is 11.7. The van der Waals surface area contributed by atoms with E-state index in [4.69, 9.17) is 11.6 Å². The number of halogens is 3. The third-order valence-corrected chi connectivity index (χ3v) is 4.61. The Bertz CT molecular complexity index is 801. The highest BCUT2D eigenvalue weighted by Crippen LogP contribution is 2.28. The number of benzene rings is 2. The molecule has 23 heavy (non-hydrogen) atoms. The summed E-state index contributed by atoms with van der Waals surface area (Å²) in [6, 6.07) is 8.43. The molecule has 2 rings (SSSR count). The van der Waals surface area contributed by atoms with E-state index in [0.29, 0.717) is 32.6 Å². The molecule has 0 heterocycles. The molecule has 0 amide bonds. The molecule has 0 spiro atoms. The zero-order chi connectivity index (χ0) is 17.0. The van der Waals surface area contributed by atoms with Crippen LogP contribution in [0.3, 0.4) is 0 Å².